The van der Waals surface area contributed by atoms with Crippen molar-refractivity contribution in [3.63, 3.8) is 0 Å². The molecule has 3 amide bonds. The molecule has 33 heavy (non-hydrogen) atoms. The van der Waals surface area contributed by atoms with Gasteiger partial charge in [-0.3, -0.25) is 14.4 Å². The third-order valence-corrected chi connectivity index (χ3v) is 7.37. The van der Waals surface area contributed by atoms with E-state index < -0.39 is 23.7 Å². The highest BCUT2D eigenvalue weighted by Gasteiger charge is 2.40. The second-order valence-electron chi connectivity index (χ2n) is 8.73. The van der Waals surface area contributed by atoms with Crippen LogP contribution >= 0.6 is 11.5 Å². The van der Waals surface area contributed by atoms with Crippen molar-refractivity contribution in [3.8, 4) is 0 Å². The maximum Gasteiger partial charge on any atom is 0.270 e. The predicted molar refractivity (Wildman–Crippen MR) is 123 cm³/mol. The minimum absolute atomic E-state index is 0.0518. The standard InChI is InChI=1S/C23H28FN5O3S/c24-14-11-9-13(10-12-14)19(22(31)27-15-5-1-2-6-15)29(16-7-3-4-8-16)23(32)20-17(25)18(21(26)30)28-33-20/h9-12,15-16,19H,1-8,25H2,(H2,26,30)(H,27,31). The largest absolute Gasteiger partial charge is 0.395 e. The lowest BCUT2D eigenvalue weighted by Crippen LogP contribution is -2.49. The first-order valence-electron chi connectivity index (χ1n) is 11.3. The molecular formula is C23H28FN5O3S. The van der Waals surface area contributed by atoms with E-state index >= 15 is 0 Å². The summed E-state index contributed by atoms with van der Waals surface area (Å²) in [6, 6.07) is 4.54. The molecule has 2 aliphatic carbocycles. The number of nitrogens with zero attached hydrogens (tertiary/aromatic N) is 2. The van der Waals surface area contributed by atoms with Crippen molar-refractivity contribution < 1.29 is 18.8 Å². The van der Waals surface area contributed by atoms with Crippen molar-refractivity contribution in [2.75, 3.05) is 5.73 Å². The summed E-state index contributed by atoms with van der Waals surface area (Å²) in [5, 5.41) is 3.10. The van der Waals surface area contributed by atoms with Crippen LogP contribution in [0.5, 0.6) is 0 Å². The van der Waals surface area contributed by atoms with Gasteiger partial charge in [0.1, 0.15) is 16.7 Å². The Hall–Kier alpha value is -3.01. The van der Waals surface area contributed by atoms with E-state index in [2.05, 4.69) is 9.69 Å². The third-order valence-electron chi connectivity index (χ3n) is 6.52. The average molecular weight is 474 g/mol. The molecule has 4 rings (SSSR count). The van der Waals surface area contributed by atoms with Crippen LogP contribution in [-0.4, -0.2) is 39.1 Å². The van der Waals surface area contributed by atoms with Gasteiger partial charge in [-0.2, -0.15) is 4.37 Å². The number of amides is 3. The summed E-state index contributed by atoms with van der Waals surface area (Å²) in [6.45, 7) is 0. The first-order chi connectivity index (χ1) is 15.9. The number of nitrogens with one attached hydrogen (secondary N) is 1. The Morgan fingerprint density at radius 3 is 2.24 bits per heavy atom. The number of rotatable bonds is 7. The highest BCUT2D eigenvalue weighted by atomic mass is 32.1. The molecule has 176 valence electrons. The van der Waals surface area contributed by atoms with Gasteiger partial charge in [0.25, 0.3) is 11.8 Å². The number of hydrogen-bond acceptors (Lipinski definition) is 6. The maximum absolute atomic E-state index is 13.8. The summed E-state index contributed by atoms with van der Waals surface area (Å²) in [5.41, 5.74) is 11.7. The molecule has 1 aromatic heterocycles. The van der Waals surface area contributed by atoms with E-state index in [0.29, 0.717) is 5.56 Å². The monoisotopic (exact) mass is 473 g/mol. The Morgan fingerprint density at radius 2 is 1.67 bits per heavy atom. The summed E-state index contributed by atoms with van der Waals surface area (Å²) in [4.78, 5) is 40.7. The molecule has 1 aromatic carbocycles. The maximum atomic E-state index is 13.8. The molecule has 2 saturated carbocycles. The van der Waals surface area contributed by atoms with Gasteiger partial charge in [0.05, 0.1) is 5.69 Å². The van der Waals surface area contributed by atoms with Gasteiger partial charge in [0, 0.05) is 12.1 Å². The zero-order valence-corrected chi connectivity index (χ0v) is 19.1. The number of carbonyl (C=O) groups excluding carboxylic acids is 3. The van der Waals surface area contributed by atoms with Crippen molar-refractivity contribution >= 4 is 34.9 Å². The summed E-state index contributed by atoms with van der Waals surface area (Å²) >= 11 is 0.801. The molecule has 0 saturated heterocycles. The van der Waals surface area contributed by atoms with E-state index in [1.54, 1.807) is 4.90 Å². The first kappa shape index (κ1) is 23.2. The van der Waals surface area contributed by atoms with Crippen LogP contribution in [0.4, 0.5) is 10.1 Å². The normalized spacial score (nSPS) is 17.7. The molecule has 2 fully saturated rings. The van der Waals surface area contributed by atoms with Crippen LogP contribution < -0.4 is 16.8 Å². The minimum atomic E-state index is -0.958. The Balaban J connectivity index is 1.76. The molecule has 0 bridgehead atoms. The van der Waals surface area contributed by atoms with Crippen molar-refractivity contribution in [1.82, 2.24) is 14.6 Å². The van der Waals surface area contributed by atoms with Crippen molar-refractivity contribution in [2.24, 2.45) is 5.73 Å². The second kappa shape index (κ2) is 9.86. The molecule has 1 atom stereocenters. The third kappa shape index (κ3) is 4.85. The minimum Gasteiger partial charge on any atom is -0.395 e. The number of carbonyl (C=O) groups is 3. The molecular weight excluding hydrogens is 445 g/mol. The topological polar surface area (TPSA) is 131 Å². The highest BCUT2D eigenvalue weighted by molar-refractivity contribution is 7.09. The van der Waals surface area contributed by atoms with E-state index in [0.717, 1.165) is 62.9 Å². The van der Waals surface area contributed by atoms with Crippen LogP contribution in [0.25, 0.3) is 0 Å². The highest BCUT2D eigenvalue weighted by Crippen LogP contribution is 2.36. The van der Waals surface area contributed by atoms with Gasteiger partial charge in [-0.15, -0.1) is 0 Å². The van der Waals surface area contributed by atoms with Gasteiger partial charge < -0.3 is 21.7 Å². The number of hydrogen-bond donors (Lipinski definition) is 3. The van der Waals surface area contributed by atoms with Crippen molar-refractivity contribution in [1.29, 1.82) is 0 Å². The quantitative estimate of drug-likeness (QED) is 0.568. The number of anilines is 1. The number of primary amides is 1. The fourth-order valence-electron chi connectivity index (χ4n) is 4.86. The average Bonchev–Trinajstić information content (AvgIpc) is 3.54. The lowest BCUT2D eigenvalue weighted by Gasteiger charge is -2.36. The second-order valence-corrected chi connectivity index (χ2v) is 9.51. The number of aromatic nitrogens is 1. The Morgan fingerprint density at radius 1 is 1.06 bits per heavy atom. The molecule has 0 aliphatic heterocycles. The van der Waals surface area contributed by atoms with Crippen LogP contribution in [0, 0.1) is 5.82 Å². The summed E-state index contributed by atoms with van der Waals surface area (Å²) in [7, 11) is 0. The van der Waals surface area contributed by atoms with Crippen molar-refractivity contribution in [3.05, 3.63) is 46.2 Å². The van der Waals surface area contributed by atoms with E-state index in [4.69, 9.17) is 11.5 Å². The number of halogens is 1. The number of nitrogens with two attached hydrogens (primary N) is 2. The Labute approximate surface area is 195 Å². The molecule has 8 nitrogen and oxygen atoms in total. The predicted octanol–water partition coefficient (Wildman–Crippen LogP) is 3.15. The molecule has 10 heteroatoms. The summed E-state index contributed by atoms with van der Waals surface area (Å²) in [6.07, 6.45) is 7.21. The van der Waals surface area contributed by atoms with Crippen LogP contribution in [-0.2, 0) is 4.79 Å². The van der Waals surface area contributed by atoms with Gasteiger partial charge >= 0.3 is 0 Å². The molecule has 2 aromatic rings. The van der Waals surface area contributed by atoms with Crippen LogP contribution in [0.3, 0.4) is 0 Å². The number of benzene rings is 1. The molecule has 5 N–H and O–H groups in total. The lowest BCUT2D eigenvalue weighted by atomic mass is 10.00. The van der Waals surface area contributed by atoms with Crippen LogP contribution in [0.15, 0.2) is 24.3 Å². The first-order valence-corrected chi connectivity index (χ1v) is 12.1. The zero-order valence-electron chi connectivity index (χ0n) is 18.3. The van der Waals surface area contributed by atoms with Gasteiger partial charge in [0.15, 0.2) is 5.69 Å². The van der Waals surface area contributed by atoms with E-state index in [1.807, 2.05) is 0 Å². The van der Waals surface area contributed by atoms with E-state index in [9.17, 15) is 18.8 Å². The van der Waals surface area contributed by atoms with Crippen molar-refractivity contribution in [2.45, 2.75) is 69.5 Å². The van der Waals surface area contributed by atoms with E-state index in [-0.39, 0.29) is 34.2 Å². The molecule has 1 heterocycles. The lowest BCUT2D eigenvalue weighted by molar-refractivity contribution is -0.127. The SMILES string of the molecule is NC(=O)c1nsc(C(=O)N(C2CCCC2)C(C(=O)NC2CCCC2)c2ccc(F)cc2)c1N. The van der Waals surface area contributed by atoms with Crippen LogP contribution in [0.2, 0.25) is 0 Å². The smallest absolute Gasteiger partial charge is 0.270 e. The Bertz CT molecular complexity index is 1030. The zero-order chi connectivity index (χ0) is 23.5. The molecule has 0 radical (unpaired) electrons. The van der Waals surface area contributed by atoms with Gasteiger partial charge in [-0.05, 0) is 54.9 Å². The van der Waals surface area contributed by atoms with E-state index in [1.165, 1.54) is 24.3 Å². The van der Waals surface area contributed by atoms with Gasteiger partial charge in [-0.25, -0.2) is 4.39 Å². The fraction of sp³-hybridized carbons (Fsp3) is 0.478. The van der Waals surface area contributed by atoms with Crippen LogP contribution in [0.1, 0.15) is 83.1 Å². The Kier molecular flexibility index (Phi) is 6.92. The molecule has 0 spiro atoms. The fourth-order valence-corrected chi connectivity index (χ4v) is 5.61. The van der Waals surface area contributed by atoms with Gasteiger partial charge in [0.2, 0.25) is 5.91 Å². The summed E-state index contributed by atoms with van der Waals surface area (Å²) < 4.78 is 17.6. The molecule has 2 aliphatic rings. The number of nitrogen functional groups attached to an aromatic ring is 1. The molecule has 1 unspecified atom stereocenters. The van der Waals surface area contributed by atoms with Gasteiger partial charge in [-0.1, -0.05) is 37.8 Å². The summed E-state index contributed by atoms with van der Waals surface area (Å²) in [5.74, 6) is -2.01.